The molecule has 0 radical (unpaired) electrons. The van der Waals surface area contributed by atoms with E-state index < -0.39 is 10.0 Å². The molecular formula is C20H23ClN2O4S. The van der Waals surface area contributed by atoms with Gasteiger partial charge in [0.2, 0.25) is 10.0 Å². The van der Waals surface area contributed by atoms with Crippen LogP contribution in [0.2, 0.25) is 5.02 Å². The third-order valence-electron chi connectivity index (χ3n) is 4.74. The maximum atomic E-state index is 12.6. The Kier molecular flexibility index (Phi) is 6.59. The van der Waals surface area contributed by atoms with Crippen LogP contribution in [0.15, 0.2) is 42.5 Å². The van der Waals surface area contributed by atoms with Crippen LogP contribution < -0.4 is 10.1 Å². The standard InChI is InChI=1S/C20H23ClN2O4S/c1-27-19-7-6-17-14-23(10-8-15(17)13-19)28(25,26)11-3-9-22-20(24)16-4-2-5-18(21)12-16/h2,4-7,12-13H,3,8-11,14H2,1H3,(H,22,24). The predicted molar refractivity (Wildman–Crippen MR) is 109 cm³/mol. The van der Waals surface area contributed by atoms with Crippen molar-refractivity contribution in [1.82, 2.24) is 9.62 Å². The zero-order valence-corrected chi connectivity index (χ0v) is 17.2. The van der Waals surface area contributed by atoms with E-state index >= 15 is 0 Å². The number of halogens is 1. The Morgan fingerprint density at radius 2 is 2.04 bits per heavy atom. The number of carbonyl (C=O) groups excluding carboxylic acids is 1. The molecule has 2 aromatic carbocycles. The maximum Gasteiger partial charge on any atom is 0.251 e. The molecule has 0 saturated heterocycles. The van der Waals surface area contributed by atoms with E-state index in [0.717, 1.165) is 16.9 Å². The molecule has 1 aliphatic rings. The van der Waals surface area contributed by atoms with Crippen molar-refractivity contribution in [2.75, 3.05) is 26.0 Å². The van der Waals surface area contributed by atoms with Crippen molar-refractivity contribution in [3.05, 3.63) is 64.2 Å². The van der Waals surface area contributed by atoms with Crippen LogP contribution in [0.1, 0.15) is 27.9 Å². The number of fused-ring (bicyclic) bond motifs is 1. The minimum absolute atomic E-state index is 0.00564. The summed E-state index contributed by atoms with van der Waals surface area (Å²) < 4.78 is 32.0. The lowest BCUT2D eigenvalue weighted by Gasteiger charge is -2.28. The molecule has 6 nitrogen and oxygen atoms in total. The molecule has 1 aliphatic heterocycles. The molecule has 8 heteroatoms. The second-order valence-corrected chi connectivity index (χ2v) is 9.18. The molecule has 1 N–H and O–H groups in total. The Hall–Kier alpha value is -2.09. The second-order valence-electron chi connectivity index (χ2n) is 6.65. The highest BCUT2D eigenvalue weighted by Gasteiger charge is 2.26. The molecule has 0 atom stereocenters. The minimum Gasteiger partial charge on any atom is -0.497 e. The molecule has 3 rings (SSSR count). The topological polar surface area (TPSA) is 75.7 Å². The largest absolute Gasteiger partial charge is 0.497 e. The van der Waals surface area contributed by atoms with Crippen LogP contribution in [0.3, 0.4) is 0 Å². The van der Waals surface area contributed by atoms with Crippen LogP contribution in [0.25, 0.3) is 0 Å². The van der Waals surface area contributed by atoms with Crippen LogP contribution >= 0.6 is 11.6 Å². The zero-order valence-electron chi connectivity index (χ0n) is 15.7. The smallest absolute Gasteiger partial charge is 0.251 e. The van der Waals surface area contributed by atoms with E-state index in [1.54, 1.807) is 31.4 Å². The molecular weight excluding hydrogens is 400 g/mol. The Labute approximate surface area is 170 Å². The summed E-state index contributed by atoms with van der Waals surface area (Å²) in [5.41, 5.74) is 2.59. The van der Waals surface area contributed by atoms with Gasteiger partial charge in [0.05, 0.1) is 12.9 Å². The lowest BCUT2D eigenvalue weighted by molar-refractivity contribution is 0.0953. The average Bonchev–Trinajstić information content (AvgIpc) is 2.70. The number of hydrogen-bond donors (Lipinski definition) is 1. The first-order valence-corrected chi connectivity index (χ1v) is 11.0. The number of amides is 1. The Morgan fingerprint density at radius 1 is 1.21 bits per heavy atom. The minimum atomic E-state index is -3.38. The number of benzene rings is 2. The molecule has 0 aromatic heterocycles. The number of nitrogens with zero attached hydrogens (tertiary/aromatic N) is 1. The molecule has 1 heterocycles. The van der Waals surface area contributed by atoms with Gasteiger partial charge < -0.3 is 10.1 Å². The summed E-state index contributed by atoms with van der Waals surface area (Å²) in [5, 5.41) is 3.22. The quantitative estimate of drug-likeness (QED) is 0.696. The van der Waals surface area contributed by atoms with Crippen LogP contribution in [0, 0.1) is 0 Å². The van der Waals surface area contributed by atoms with Gasteiger partial charge in [-0.15, -0.1) is 0 Å². The number of sulfonamides is 1. The number of methoxy groups -OCH3 is 1. The molecule has 0 aliphatic carbocycles. The summed E-state index contributed by atoms with van der Waals surface area (Å²) >= 11 is 5.88. The van der Waals surface area contributed by atoms with Gasteiger partial charge in [0.1, 0.15) is 5.75 Å². The number of ether oxygens (including phenoxy) is 1. The van der Waals surface area contributed by atoms with E-state index in [9.17, 15) is 13.2 Å². The maximum absolute atomic E-state index is 12.6. The lowest BCUT2D eigenvalue weighted by Crippen LogP contribution is -2.38. The summed E-state index contributed by atoms with van der Waals surface area (Å²) in [7, 11) is -1.76. The highest BCUT2D eigenvalue weighted by molar-refractivity contribution is 7.89. The Morgan fingerprint density at radius 3 is 2.79 bits per heavy atom. The third-order valence-corrected chi connectivity index (χ3v) is 6.87. The predicted octanol–water partition coefficient (Wildman–Crippen LogP) is 2.86. The van der Waals surface area contributed by atoms with Gasteiger partial charge in [-0.2, -0.15) is 4.31 Å². The molecule has 150 valence electrons. The first-order chi connectivity index (χ1) is 13.4. The van der Waals surface area contributed by atoms with Crippen molar-refractivity contribution in [1.29, 1.82) is 0 Å². The highest BCUT2D eigenvalue weighted by Crippen LogP contribution is 2.25. The van der Waals surface area contributed by atoms with Gasteiger partial charge >= 0.3 is 0 Å². The molecule has 0 spiro atoms. The molecule has 0 fully saturated rings. The summed E-state index contributed by atoms with van der Waals surface area (Å²) in [5.74, 6) is 0.514. The SMILES string of the molecule is COc1ccc2c(c1)CCN(S(=O)(=O)CCCNC(=O)c1cccc(Cl)c1)C2. The van der Waals surface area contributed by atoms with Gasteiger partial charge in [-0.1, -0.05) is 23.7 Å². The van der Waals surface area contributed by atoms with E-state index in [1.165, 1.54) is 4.31 Å². The van der Waals surface area contributed by atoms with Crippen molar-refractivity contribution in [3.8, 4) is 5.75 Å². The van der Waals surface area contributed by atoms with Crippen molar-refractivity contribution in [3.63, 3.8) is 0 Å². The van der Waals surface area contributed by atoms with E-state index in [1.807, 2.05) is 18.2 Å². The van der Waals surface area contributed by atoms with Gasteiger partial charge in [0.15, 0.2) is 0 Å². The van der Waals surface area contributed by atoms with Crippen molar-refractivity contribution in [2.45, 2.75) is 19.4 Å². The van der Waals surface area contributed by atoms with E-state index in [4.69, 9.17) is 16.3 Å². The highest BCUT2D eigenvalue weighted by atomic mass is 35.5. The zero-order chi connectivity index (χ0) is 20.1. The molecule has 0 unspecified atom stereocenters. The van der Waals surface area contributed by atoms with Gasteiger partial charge in [0.25, 0.3) is 5.91 Å². The summed E-state index contributed by atoms with van der Waals surface area (Å²) in [6.07, 6.45) is 1.01. The number of carbonyl (C=O) groups is 1. The fraction of sp³-hybridized carbons (Fsp3) is 0.350. The molecule has 28 heavy (non-hydrogen) atoms. The van der Waals surface area contributed by atoms with Gasteiger partial charge in [-0.05, 0) is 54.3 Å². The monoisotopic (exact) mass is 422 g/mol. The first kappa shape index (κ1) is 20.6. The van der Waals surface area contributed by atoms with E-state index in [-0.39, 0.29) is 18.2 Å². The summed E-state index contributed by atoms with van der Waals surface area (Å²) in [4.78, 5) is 12.1. The summed E-state index contributed by atoms with van der Waals surface area (Å²) in [6, 6.07) is 12.4. The van der Waals surface area contributed by atoms with Crippen LogP contribution in [0.5, 0.6) is 5.75 Å². The van der Waals surface area contributed by atoms with Gasteiger partial charge in [-0.25, -0.2) is 8.42 Å². The number of rotatable bonds is 7. The van der Waals surface area contributed by atoms with Crippen LogP contribution in [-0.2, 0) is 23.0 Å². The fourth-order valence-electron chi connectivity index (χ4n) is 3.19. The van der Waals surface area contributed by atoms with Gasteiger partial charge in [0, 0.05) is 30.2 Å². The average molecular weight is 423 g/mol. The summed E-state index contributed by atoms with van der Waals surface area (Å²) in [6.45, 7) is 1.11. The molecule has 2 aromatic rings. The second kappa shape index (κ2) is 8.94. The van der Waals surface area contributed by atoms with Crippen molar-refractivity contribution in [2.24, 2.45) is 0 Å². The van der Waals surface area contributed by atoms with E-state index in [2.05, 4.69) is 5.32 Å². The molecule has 0 saturated carbocycles. The van der Waals surface area contributed by atoms with Crippen molar-refractivity contribution < 1.29 is 17.9 Å². The molecule has 0 bridgehead atoms. The van der Waals surface area contributed by atoms with Crippen LogP contribution in [-0.4, -0.2) is 44.6 Å². The first-order valence-electron chi connectivity index (χ1n) is 9.06. The lowest BCUT2D eigenvalue weighted by atomic mass is 10.0. The number of hydrogen-bond acceptors (Lipinski definition) is 4. The fourth-order valence-corrected chi connectivity index (χ4v) is 4.85. The Balaban J connectivity index is 1.51. The van der Waals surface area contributed by atoms with E-state index in [0.29, 0.717) is 36.5 Å². The van der Waals surface area contributed by atoms with Crippen LogP contribution in [0.4, 0.5) is 0 Å². The van der Waals surface area contributed by atoms with Crippen molar-refractivity contribution >= 4 is 27.5 Å². The normalized spacial score (nSPS) is 14.4. The molecule has 1 amide bonds. The third kappa shape index (κ3) is 5.04. The Bertz CT molecular complexity index is 962. The van der Waals surface area contributed by atoms with Gasteiger partial charge in [-0.3, -0.25) is 4.79 Å². The number of nitrogens with one attached hydrogen (secondary N) is 1.